The van der Waals surface area contributed by atoms with Crippen LogP contribution in [0.25, 0.3) is 0 Å². The minimum atomic E-state index is 0.665. The van der Waals surface area contributed by atoms with Crippen LogP contribution in [0, 0.1) is 11.3 Å². The zero-order valence-electron chi connectivity index (χ0n) is 15.6. The van der Waals surface area contributed by atoms with E-state index >= 15 is 0 Å². The second-order valence-corrected chi connectivity index (χ2v) is 6.73. The highest BCUT2D eigenvalue weighted by atomic mass is 16.5. The van der Waals surface area contributed by atoms with Crippen molar-refractivity contribution in [3.05, 3.63) is 29.8 Å². The van der Waals surface area contributed by atoms with Gasteiger partial charge in [0.1, 0.15) is 5.75 Å². The third kappa shape index (κ3) is 11.1. The predicted octanol–water partition coefficient (Wildman–Crippen LogP) is 7.03. The molecule has 0 saturated carbocycles. The fourth-order valence-electron chi connectivity index (χ4n) is 2.97. The summed E-state index contributed by atoms with van der Waals surface area (Å²) in [6.45, 7) is 3.03. The summed E-state index contributed by atoms with van der Waals surface area (Å²) in [7, 11) is 0. The molecule has 0 atom stereocenters. The Kier molecular flexibility index (Phi) is 12.9. The number of hydrogen-bond acceptors (Lipinski definition) is 2. The first-order valence-electron chi connectivity index (χ1n) is 9.99. The summed E-state index contributed by atoms with van der Waals surface area (Å²) in [5, 5.41) is 8.85. The molecular weight excluding hydrogens is 294 g/mol. The van der Waals surface area contributed by atoms with E-state index in [4.69, 9.17) is 10.00 Å². The van der Waals surface area contributed by atoms with E-state index < -0.39 is 0 Å². The molecule has 0 spiro atoms. The van der Waals surface area contributed by atoms with Crippen LogP contribution >= 0.6 is 0 Å². The molecule has 2 nitrogen and oxygen atoms in total. The molecule has 0 aliphatic heterocycles. The summed E-state index contributed by atoms with van der Waals surface area (Å²) < 4.78 is 5.70. The lowest BCUT2D eigenvalue weighted by Gasteiger charge is -2.06. The average Bonchev–Trinajstić information content (AvgIpc) is 2.62. The van der Waals surface area contributed by atoms with Gasteiger partial charge in [0.15, 0.2) is 0 Å². The van der Waals surface area contributed by atoms with Crippen LogP contribution in [0.3, 0.4) is 0 Å². The largest absolute Gasteiger partial charge is 0.494 e. The molecule has 1 rings (SSSR count). The highest BCUT2D eigenvalue weighted by Gasteiger charge is 1.97. The van der Waals surface area contributed by atoms with E-state index in [2.05, 4.69) is 13.0 Å². The molecule has 0 amide bonds. The third-order valence-corrected chi connectivity index (χ3v) is 4.48. The predicted molar refractivity (Wildman–Crippen MR) is 102 cm³/mol. The number of unbranched alkanes of at least 4 members (excludes halogenated alkanes) is 12. The highest BCUT2D eigenvalue weighted by molar-refractivity contribution is 5.36. The van der Waals surface area contributed by atoms with Gasteiger partial charge < -0.3 is 4.74 Å². The lowest BCUT2D eigenvalue weighted by Crippen LogP contribution is -1.97. The Labute approximate surface area is 149 Å². The van der Waals surface area contributed by atoms with Gasteiger partial charge in [-0.15, -0.1) is 0 Å². The summed E-state index contributed by atoms with van der Waals surface area (Å²) in [4.78, 5) is 0. The Morgan fingerprint density at radius 1 is 0.792 bits per heavy atom. The van der Waals surface area contributed by atoms with E-state index in [-0.39, 0.29) is 0 Å². The Bertz CT molecular complexity index is 450. The van der Waals surface area contributed by atoms with Crippen molar-refractivity contribution in [3.63, 3.8) is 0 Å². The van der Waals surface area contributed by atoms with Gasteiger partial charge in [-0.05, 0) is 24.6 Å². The average molecular weight is 330 g/mol. The molecule has 134 valence electrons. The van der Waals surface area contributed by atoms with E-state index in [9.17, 15) is 0 Å². The summed E-state index contributed by atoms with van der Waals surface area (Å²) in [5.74, 6) is 0.813. The van der Waals surface area contributed by atoms with Crippen LogP contribution in [0.1, 0.15) is 96.0 Å². The molecule has 0 aliphatic rings. The van der Waals surface area contributed by atoms with Crippen molar-refractivity contribution < 1.29 is 4.74 Å². The van der Waals surface area contributed by atoms with E-state index in [0.717, 1.165) is 18.8 Å². The van der Waals surface area contributed by atoms with Gasteiger partial charge in [-0.2, -0.15) is 5.26 Å². The van der Waals surface area contributed by atoms with Crippen LogP contribution in [-0.2, 0) is 0 Å². The first-order chi connectivity index (χ1) is 11.9. The quantitative estimate of drug-likeness (QED) is 0.324. The second-order valence-electron chi connectivity index (χ2n) is 6.73. The van der Waals surface area contributed by atoms with Crippen molar-refractivity contribution in [1.29, 1.82) is 5.26 Å². The van der Waals surface area contributed by atoms with Crippen molar-refractivity contribution in [1.82, 2.24) is 0 Å². The number of nitrogens with zero attached hydrogens (tertiary/aromatic N) is 1. The number of ether oxygens (including phenoxy) is 1. The van der Waals surface area contributed by atoms with Gasteiger partial charge in [0.2, 0.25) is 0 Å². The minimum absolute atomic E-state index is 0.665. The Hall–Kier alpha value is -1.49. The van der Waals surface area contributed by atoms with Gasteiger partial charge in [-0.3, -0.25) is 0 Å². The molecule has 0 radical (unpaired) electrons. The maximum atomic E-state index is 8.85. The van der Waals surface area contributed by atoms with Gasteiger partial charge in [0, 0.05) is 0 Å². The molecule has 0 aliphatic carbocycles. The molecule has 0 aromatic heterocycles. The van der Waals surface area contributed by atoms with Gasteiger partial charge in [-0.1, -0.05) is 90.0 Å². The monoisotopic (exact) mass is 329 g/mol. The van der Waals surface area contributed by atoms with Crippen LogP contribution in [0.5, 0.6) is 5.75 Å². The smallest absolute Gasteiger partial charge is 0.120 e. The standard InChI is InChI=1S/C22H35NO/c1-2-3-4-5-6-7-8-9-10-11-12-13-14-18-24-22-17-15-16-21(19-22)20-23/h15-17,19H,2-14,18H2,1H3. The molecular formula is C22H35NO. The van der Waals surface area contributed by atoms with Crippen LogP contribution in [0.2, 0.25) is 0 Å². The molecule has 0 unspecified atom stereocenters. The fraction of sp³-hybridized carbons (Fsp3) is 0.682. The SMILES string of the molecule is CCCCCCCCCCCCCCCOc1cccc(C#N)c1. The van der Waals surface area contributed by atoms with Gasteiger partial charge >= 0.3 is 0 Å². The number of rotatable bonds is 15. The topological polar surface area (TPSA) is 33.0 Å². The molecule has 24 heavy (non-hydrogen) atoms. The lowest BCUT2D eigenvalue weighted by molar-refractivity contribution is 0.304. The van der Waals surface area contributed by atoms with Crippen LogP contribution in [0.15, 0.2) is 24.3 Å². The lowest BCUT2D eigenvalue weighted by atomic mass is 10.0. The normalized spacial score (nSPS) is 10.5. The van der Waals surface area contributed by atoms with Crippen molar-refractivity contribution in [2.75, 3.05) is 6.61 Å². The van der Waals surface area contributed by atoms with Crippen molar-refractivity contribution in [2.24, 2.45) is 0 Å². The third-order valence-electron chi connectivity index (χ3n) is 4.48. The Morgan fingerprint density at radius 2 is 1.33 bits per heavy atom. The number of benzene rings is 1. The van der Waals surface area contributed by atoms with E-state index in [1.807, 2.05) is 18.2 Å². The molecule has 0 N–H and O–H groups in total. The fourth-order valence-corrected chi connectivity index (χ4v) is 2.97. The summed E-state index contributed by atoms with van der Waals surface area (Å²) >= 11 is 0. The molecule has 0 saturated heterocycles. The van der Waals surface area contributed by atoms with E-state index in [0.29, 0.717) is 5.56 Å². The van der Waals surface area contributed by atoms with Crippen LogP contribution < -0.4 is 4.74 Å². The first-order valence-corrected chi connectivity index (χ1v) is 9.99. The maximum absolute atomic E-state index is 8.85. The number of nitriles is 1. The second kappa shape index (κ2) is 15.1. The molecule has 1 aromatic carbocycles. The Balaban J connectivity index is 1.83. The van der Waals surface area contributed by atoms with E-state index in [1.165, 1.54) is 77.0 Å². The van der Waals surface area contributed by atoms with Crippen LogP contribution in [-0.4, -0.2) is 6.61 Å². The van der Waals surface area contributed by atoms with Gasteiger partial charge in [0.25, 0.3) is 0 Å². The van der Waals surface area contributed by atoms with Crippen molar-refractivity contribution in [3.8, 4) is 11.8 Å². The van der Waals surface area contributed by atoms with Crippen LogP contribution in [0.4, 0.5) is 0 Å². The summed E-state index contributed by atoms with van der Waals surface area (Å²) in [5.41, 5.74) is 0.665. The zero-order valence-corrected chi connectivity index (χ0v) is 15.6. The van der Waals surface area contributed by atoms with Crippen molar-refractivity contribution in [2.45, 2.75) is 90.4 Å². The van der Waals surface area contributed by atoms with Gasteiger partial charge in [-0.25, -0.2) is 0 Å². The molecule has 0 heterocycles. The van der Waals surface area contributed by atoms with E-state index in [1.54, 1.807) is 6.07 Å². The minimum Gasteiger partial charge on any atom is -0.494 e. The van der Waals surface area contributed by atoms with Gasteiger partial charge in [0.05, 0.1) is 18.2 Å². The first kappa shape index (κ1) is 20.6. The highest BCUT2D eigenvalue weighted by Crippen LogP contribution is 2.14. The number of hydrogen-bond donors (Lipinski definition) is 0. The Morgan fingerprint density at radius 3 is 1.88 bits per heavy atom. The summed E-state index contributed by atoms with van der Waals surface area (Å²) in [6, 6.07) is 9.54. The maximum Gasteiger partial charge on any atom is 0.120 e. The summed E-state index contributed by atoms with van der Waals surface area (Å²) in [6.07, 6.45) is 17.7. The van der Waals surface area contributed by atoms with Crippen molar-refractivity contribution >= 4 is 0 Å². The molecule has 2 heteroatoms. The zero-order chi connectivity index (χ0) is 17.3. The molecule has 0 fully saturated rings. The molecule has 0 bridgehead atoms. The molecule has 1 aromatic rings.